The molecule has 1 aliphatic rings. The topological polar surface area (TPSA) is 56.8 Å². The number of hydrogen-bond donors (Lipinski definition) is 1. The number of hydrogen-bond acceptors (Lipinski definition) is 4. The predicted molar refractivity (Wildman–Crippen MR) is 99.6 cm³/mol. The van der Waals surface area contributed by atoms with Crippen LogP contribution in [0.3, 0.4) is 0 Å². The lowest BCUT2D eigenvalue weighted by molar-refractivity contribution is -0.137. The van der Waals surface area contributed by atoms with Crippen molar-refractivity contribution in [3.63, 3.8) is 0 Å². The SMILES string of the molecule is CC(C)(C)OC(=O)N[C@H](B1OC(C)(C)C(C)(C)O1)c1ccc(C(F)(F)F)cc1. The molecule has 1 fully saturated rings. The van der Waals surface area contributed by atoms with Gasteiger partial charge in [0.1, 0.15) is 5.60 Å². The largest absolute Gasteiger partial charge is 0.486 e. The van der Waals surface area contributed by atoms with Gasteiger partial charge in [-0.05, 0) is 66.2 Å². The summed E-state index contributed by atoms with van der Waals surface area (Å²) in [6.45, 7) is 12.6. The maximum absolute atomic E-state index is 12.9. The molecule has 0 spiro atoms. The Morgan fingerprint density at radius 1 is 1.04 bits per heavy atom. The van der Waals surface area contributed by atoms with Gasteiger partial charge in [0.15, 0.2) is 0 Å². The molecule has 0 radical (unpaired) electrons. The van der Waals surface area contributed by atoms with Gasteiger partial charge in [-0.25, -0.2) is 4.79 Å². The molecule has 1 saturated heterocycles. The van der Waals surface area contributed by atoms with E-state index in [1.165, 1.54) is 12.1 Å². The van der Waals surface area contributed by atoms with Crippen molar-refractivity contribution in [1.29, 1.82) is 0 Å². The minimum absolute atomic E-state index is 0.414. The molecule has 9 heteroatoms. The Labute approximate surface area is 164 Å². The summed E-state index contributed by atoms with van der Waals surface area (Å²) in [6, 6.07) is 4.53. The third-order valence-electron chi connectivity index (χ3n) is 4.81. The van der Waals surface area contributed by atoms with Crippen molar-refractivity contribution in [2.45, 2.75) is 77.4 Å². The Bertz CT molecular complexity index is 695. The number of ether oxygens (including phenoxy) is 1. The van der Waals surface area contributed by atoms with Gasteiger partial charge >= 0.3 is 19.4 Å². The molecular weight excluding hydrogens is 374 g/mol. The standard InChI is InChI=1S/C19H27BF3NO4/c1-16(2,3)26-15(25)24-14(20-27-17(4,5)18(6,7)28-20)12-8-10-13(11-9-12)19(21,22)23/h8-11,14H,1-7H3,(H,24,25)/t14-/m0/s1. The first-order valence-electron chi connectivity index (χ1n) is 9.04. The van der Waals surface area contributed by atoms with E-state index in [9.17, 15) is 18.0 Å². The van der Waals surface area contributed by atoms with Crippen LogP contribution in [0.2, 0.25) is 0 Å². The van der Waals surface area contributed by atoms with Gasteiger partial charge in [0.25, 0.3) is 0 Å². The molecule has 2 rings (SSSR count). The van der Waals surface area contributed by atoms with E-state index in [-0.39, 0.29) is 0 Å². The molecule has 1 heterocycles. The number of carbonyl (C=O) groups is 1. The van der Waals surface area contributed by atoms with Crippen molar-refractivity contribution in [3.05, 3.63) is 35.4 Å². The van der Waals surface area contributed by atoms with Crippen LogP contribution in [0.15, 0.2) is 24.3 Å². The molecule has 5 nitrogen and oxygen atoms in total. The number of nitrogens with one attached hydrogen (secondary N) is 1. The molecule has 0 unspecified atom stereocenters. The average molecular weight is 401 g/mol. The van der Waals surface area contributed by atoms with Crippen molar-refractivity contribution in [2.75, 3.05) is 0 Å². The van der Waals surface area contributed by atoms with E-state index in [2.05, 4.69) is 5.32 Å². The Hall–Kier alpha value is -1.74. The number of halogens is 3. The van der Waals surface area contributed by atoms with E-state index in [1.54, 1.807) is 20.8 Å². The number of alkyl carbamates (subject to hydrolysis) is 1. The zero-order valence-electron chi connectivity index (χ0n) is 17.2. The fraction of sp³-hybridized carbons (Fsp3) is 0.632. The first-order valence-corrected chi connectivity index (χ1v) is 9.04. The molecule has 0 bridgehead atoms. The highest BCUT2D eigenvalue weighted by Gasteiger charge is 2.54. The summed E-state index contributed by atoms with van der Waals surface area (Å²) in [4.78, 5) is 12.3. The fourth-order valence-corrected chi connectivity index (χ4v) is 2.65. The maximum Gasteiger partial charge on any atom is 0.486 e. The Balaban J connectivity index is 2.33. The molecule has 1 amide bonds. The summed E-state index contributed by atoms with van der Waals surface area (Å²) in [6.07, 6.45) is -5.16. The summed E-state index contributed by atoms with van der Waals surface area (Å²) in [5.41, 5.74) is -2.43. The second kappa shape index (κ2) is 7.26. The van der Waals surface area contributed by atoms with Gasteiger partial charge < -0.3 is 19.4 Å². The van der Waals surface area contributed by atoms with Crippen molar-refractivity contribution in [2.24, 2.45) is 0 Å². The molecule has 156 valence electrons. The summed E-state index contributed by atoms with van der Waals surface area (Å²) in [5, 5.41) is 2.67. The minimum atomic E-state index is -4.45. The Morgan fingerprint density at radius 2 is 1.50 bits per heavy atom. The molecule has 1 N–H and O–H groups in total. The van der Waals surface area contributed by atoms with Gasteiger partial charge in [-0.3, -0.25) is 0 Å². The fourth-order valence-electron chi connectivity index (χ4n) is 2.65. The quantitative estimate of drug-likeness (QED) is 0.732. The lowest BCUT2D eigenvalue weighted by Gasteiger charge is -2.32. The lowest BCUT2D eigenvalue weighted by Crippen LogP contribution is -2.43. The van der Waals surface area contributed by atoms with Crippen LogP contribution in [0.1, 0.15) is 65.5 Å². The first-order chi connectivity index (χ1) is 12.5. The smallest absolute Gasteiger partial charge is 0.444 e. The molecule has 1 aliphatic heterocycles. The normalized spacial score (nSPS) is 20.0. The van der Waals surface area contributed by atoms with E-state index in [1.807, 2.05) is 27.7 Å². The van der Waals surface area contributed by atoms with Crippen LogP contribution in [0.4, 0.5) is 18.0 Å². The minimum Gasteiger partial charge on any atom is -0.444 e. The van der Waals surface area contributed by atoms with Crippen LogP contribution in [0.25, 0.3) is 0 Å². The molecule has 0 aromatic heterocycles. The highest BCUT2D eigenvalue weighted by atomic mass is 19.4. The first kappa shape index (κ1) is 22.6. The van der Waals surface area contributed by atoms with Crippen LogP contribution in [-0.2, 0) is 20.2 Å². The summed E-state index contributed by atoms with van der Waals surface area (Å²) < 4.78 is 55.9. The van der Waals surface area contributed by atoms with Crippen LogP contribution in [-0.4, -0.2) is 30.0 Å². The zero-order chi connectivity index (χ0) is 21.5. The third kappa shape index (κ3) is 5.20. The van der Waals surface area contributed by atoms with Crippen molar-refractivity contribution < 1.29 is 32.0 Å². The van der Waals surface area contributed by atoms with E-state index in [4.69, 9.17) is 14.0 Å². The molecule has 0 saturated carbocycles. The van der Waals surface area contributed by atoms with E-state index in [0.717, 1.165) is 12.1 Å². The third-order valence-corrected chi connectivity index (χ3v) is 4.81. The van der Waals surface area contributed by atoms with Crippen LogP contribution in [0, 0.1) is 0 Å². The summed E-state index contributed by atoms with van der Waals surface area (Å²) >= 11 is 0. The van der Waals surface area contributed by atoms with E-state index in [0.29, 0.717) is 5.56 Å². The van der Waals surface area contributed by atoms with Gasteiger partial charge in [-0.15, -0.1) is 0 Å². The van der Waals surface area contributed by atoms with Crippen LogP contribution < -0.4 is 5.32 Å². The second-order valence-electron chi connectivity index (χ2n) is 8.87. The summed E-state index contributed by atoms with van der Waals surface area (Å²) in [7, 11) is -0.894. The van der Waals surface area contributed by atoms with Crippen LogP contribution >= 0.6 is 0 Å². The molecule has 28 heavy (non-hydrogen) atoms. The van der Waals surface area contributed by atoms with Gasteiger partial charge in [0.2, 0.25) is 0 Å². The van der Waals surface area contributed by atoms with E-state index >= 15 is 0 Å². The second-order valence-corrected chi connectivity index (χ2v) is 8.87. The van der Waals surface area contributed by atoms with Gasteiger partial charge in [0, 0.05) is 0 Å². The molecule has 1 atom stereocenters. The lowest BCUT2D eigenvalue weighted by atomic mass is 9.74. The highest BCUT2D eigenvalue weighted by Crippen LogP contribution is 2.40. The number of carbonyl (C=O) groups excluding carboxylic acids is 1. The predicted octanol–water partition coefficient (Wildman–Crippen LogP) is 4.90. The highest BCUT2D eigenvalue weighted by molar-refractivity contribution is 6.47. The summed E-state index contributed by atoms with van der Waals surface area (Å²) in [5.74, 6) is -0.849. The van der Waals surface area contributed by atoms with Crippen molar-refractivity contribution in [1.82, 2.24) is 5.32 Å². The molecule has 1 aromatic rings. The number of rotatable bonds is 3. The van der Waals surface area contributed by atoms with Crippen LogP contribution in [0.5, 0.6) is 0 Å². The average Bonchev–Trinajstić information content (AvgIpc) is 2.70. The van der Waals surface area contributed by atoms with E-state index < -0.39 is 47.7 Å². The zero-order valence-corrected chi connectivity index (χ0v) is 17.2. The number of amides is 1. The maximum atomic E-state index is 12.9. The van der Waals surface area contributed by atoms with Gasteiger partial charge in [-0.1, -0.05) is 12.1 Å². The Kier molecular flexibility index (Phi) is 5.85. The van der Waals surface area contributed by atoms with Crippen molar-refractivity contribution in [3.8, 4) is 0 Å². The van der Waals surface area contributed by atoms with Gasteiger partial charge in [0.05, 0.1) is 22.7 Å². The number of benzene rings is 1. The molecule has 1 aromatic carbocycles. The Morgan fingerprint density at radius 3 is 1.89 bits per heavy atom. The monoisotopic (exact) mass is 401 g/mol. The number of alkyl halides is 3. The molecular formula is C19H27BF3NO4. The van der Waals surface area contributed by atoms with Gasteiger partial charge in [-0.2, -0.15) is 13.2 Å². The van der Waals surface area contributed by atoms with Crippen molar-refractivity contribution >= 4 is 13.2 Å². The molecule has 0 aliphatic carbocycles.